The third kappa shape index (κ3) is 3.35. The Bertz CT molecular complexity index is 809. The minimum atomic E-state index is -0.335. The smallest absolute Gasteiger partial charge is 0.254 e. The van der Waals surface area contributed by atoms with Crippen LogP contribution in [-0.4, -0.2) is 28.3 Å². The zero-order valence-electron chi connectivity index (χ0n) is 12.3. The van der Waals surface area contributed by atoms with E-state index in [4.69, 9.17) is 16.3 Å². The summed E-state index contributed by atoms with van der Waals surface area (Å²) in [5.74, 6) is 0.577. The van der Waals surface area contributed by atoms with Crippen molar-refractivity contribution in [3.05, 3.63) is 45.8 Å². The molecule has 8 heteroatoms. The summed E-state index contributed by atoms with van der Waals surface area (Å²) >= 11 is 7.36. The maximum absolute atomic E-state index is 12.5. The van der Waals surface area contributed by atoms with E-state index in [1.54, 1.807) is 18.2 Å². The van der Waals surface area contributed by atoms with Crippen LogP contribution < -0.4 is 15.6 Å². The van der Waals surface area contributed by atoms with Crippen molar-refractivity contribution in [2.45, 2.75) is 11.7 Å². The predicted molar refractivity (Wildman–Crippen MR) is 89.3 cm³/mol. The Morgan fingerprint density at radius 2 is 2.30 bits per heavy atom. The summed E-state index contributed by atoms with van der Waals surface area (Å²) in [5, 5.41) is 3.97. The lowest BCUT2D eigenvalue weighted by Crippen LogP contribution is -2.36. The van der Waals surface area contributed by atoms with Gasteiger partial charge < -0.3 is 10.1 Å². The number of benzene rings is 1. The Hall–Kier alpha value is -1.99. The third-order valence-electron chi connectivity index (χ3n) is 3.51. The van der Waals surface area contributed by atoms with Crippen molar-refractivity contribution < 1.29 is 9.53 Å². The van der Waals surface area contributed by atoms with Gasteiger partial charge in [0.2, 0.25) is 5.91 Å². The molecule has 0 radical (unpaired) electrons. The Kier molecular flexibility index (Phi) is 4.58. The molecule has 0 saturated carbocycles. The standard InChI is InChI=1S/C15H14ClN3O3S/c1-22-12-3-2-10(16)6-11(12)18-14(21)9-7-19-13(20)4-5-17-15(19)23-8-9/h2-6,9H,7-8H2,1H3,(H,18,21). The van der Waals surface area contributed by atoms with Crippen molar-refractivity contribution in [1.82, 2.24) is 9.55 Å². The summed E-state index contributed by atoms with van der Waals surface area (Å²) in [7, 11) is 1.52. The van der Waals surface area contributed by atoms with Gasteiger partial charge in [0.15, 0.2) is 5.16 Å². The lowest BCUT2D eigenvalue weighted by atomic mass is 10.1. The molecule has 0 bridgehead atoms. The minimum absolute atomic E-state index is 0.152. The van der Waals surface area contributed by atoms with Crippen LogP contribution in [-0.2, 0) is 11.3 Å². The van der Waals surface area contributed by atoms with E-state index in [2.05, 4.69) is 10.3 Å². The zero-order valence-corrected chi connectivity index (χ0v) is 13.9. The molecule has 3 rings (SSSR count). The number of carbonyl (C=O) groups is 1. The fourth-order valence-electron chi connectivity index (χ4n) is 2.32. The normalized spacial score (nSPS) is 16.5. The van der Waals surface area contributed by atoms with Crippen LogP contribution in [0.5, 0.6) is 5.75 Å². The summed E-state index contributed by atoms with van der Waals surface area (Å²) in [6.45, 7) is 0.309. The lowest BCUT2D eigenvalue weighted by molar-refractivity contribution is -0.119. The first-order valence-electron chi connectivity index (χ1n) is 6.91. The maximum atomic E-state index is 12.5. The van der Waals surface area contributed by atoms with E-state index in [0.29, 0.717) is 33.9 Å². The van der Waals surface area contributed by atoms with Gasteiger partial charge in [-0.2, -0.15) is 0 Å². The van der Waals surface area contributed by atoms with Crippen molar-refractivity contribution in [3.63, 3.8) is 0 Å². The van der Waals surface area contributed by atoms with Crippen LogP contribution in [0.15, 0.2) is 40.4 Å². The van der Waals surface area contributed by atoms with E-state index in [-0.39, 0.29) is 17.4 Å². The number of anilines is 1. The van der Waals surface area contributed by atoms with Gasteiger partial charge in [0, 0.05) is 29.6 Å². The van der Waals surface area contributed by atoms with Gasteiger partial charge in [-0.1, -0.05) is 23.4 Å². The molecule has 120 valence electrons. The van der Waals surface area contributed by atoms with Crippen LogP contribution >= 0.6 is 23.4 Å². The van der Waals surface area contributed by atoms with E-state index in [0.717, 1.165) is 0 Å². The van der Waals surface area contributed by atoms with Gasteiger partial charge in [0.1, 0.15) is 5.75 Å². The van der Waals surface area contributed by atoms with E-state index < -0.39 is 0 Å². The fraction of sp³-hybridized carbons (Fsp3) is 0.267. The molecule has 1 unspecified atom stereocenters. The summed E-state index contributed by atoms with van der Waals surface area (Å²) in [5.41, 5.74) is 0.361. The first-order valence-corrected chi connectivity index (χ1v) is 8.28. The zero-order chi connectivity index (χ0) is 16.4. The highest BCUT2D eigenvalue weighted by Crippen LogP contribution is 2.30. The van der Waals surface area contributed by atoms with E-state index in [9.17, 15) is 9.59 Å². The molecular weight excluding hydrogens is 338 g/mol. The van der Waals surface area contributed by atoms with Crippen LogP contribution in [0, 0.1) is 5.92 Å². The number of nitrogens with one attached hydrogen (secondary N) is 1. The number of nitrogens with zero attached hydrogens (tertiary/aromatic N) is 2. The van der Waals surface area contributed by atoms with Crippen molar-refractivity contribution in [1.29, 1.82) is 0 Å². The molecule has 0 spiro atoms. The number of methoxy groups -OCH3 is 1. The van der Waals surface area contributed by atoms with Gasteiger partial charge in [0.05, 0.1) is 18.7 Å². The minimum Gasteiger partial charge on any atom is -0.495 e. The molecule has 1 N–H and O–H groups in total. The topological polar surface area (TPSA) is 73.2 Å². The molecular formula is C15H14ClN3O3S. The number of amides is 1. The quantitative estimate of drug-likeness (QED) is 0.859. The maximum Gasteiger partial charge on any atom is 0.254 e. The molecule has 0 fully saturated rings. The molecule has 1 aromatic carbocycles. The van der Waals surface area contributed by atoms with E-state index >= 15 is 0 Å². The van der Waals surface area contributed by atoms with Gasteiger partial charge in [-0.05, 0) is 18.2 Å². The van der Waals surface area contributed by atoms with Gasteiger partial charge in [-0.25, -0.2) is 4.98 Å². The van der Waals surface area contributed by atoms with Crippen molar-refractivity contribution in [2.75, 3.05) is 18.2 Å². The summed E-state index contributed by atoms with van der Waals surface area (Å²) < 4.78 is 6.74. The highest BCUT2D eigenvalue weighted by molar-refractivity contribution is 7.99. The number of fused-ring (bicyclic) bond motifs is 1. The Balaban J connectivity index is 1.79. The van der Waals surface area contributed by atoms with Crippen molar-refractivity contribution in [2.24, 2.45) is 5.92 Å². The first kappa shape index (κ1) is 15.9. The molecule has 1 atom stereocenters. The van der Waals surface area contributed by atoms with Gasteiger partial charge in [0.25, 0.3) is 5.56 Å². The number of thioether (sulfide) groups is 1. The molecule has 1 aromatic heterocycles. The summed E-state index contributed by atoms with van der Waals surface area (Å²) in [6.07, 6.45) is 1.48. The number of hydrogen-bond acceptors (Lipinski definition) is 5. The SMILES string of the molecule is COc1ccc(Cl)cc1NC(=O)C1CSc2nccc(=O)n2C1. The largest absolute Gasteiger partial charge is 0.495 e. The van der Waals surface area contributed by atoms with Gasteiger partial charge in [-0.3, -0.25) is 14.2 Å². The summed E-state index contributed by atoms with van der Waals surface area (Å²) in [4.78, 5) is 28.5. The van der Waals surface area contributed by atoms with Gasteiger partial charge >= 0.3 is 0 Å². The van der Waals surface area contributed by atoms with E-state index in [1.165, 1.54) is 35.7 Å². The average Bonchev–Trinajstić information content (AvgIpc) is 2.55. The van der Waals surface area contributed by atoms with Crippen LogP contribution in [0.2, 0.25) is 5.02 Å². The molecule has 1 aliphatic rings. The molecule has 6 nitrogen and oxygen atoms in total. The van der Waals surface area contributed by atoms with E-state index in [1.807, 2.05) is 0 Å². The van der Waals surface area contributed by atoms with Crippen LogP contribution in [0.1, 0.15) is 0 Å². The second-order valence-electron chi connectivity index (χ2n) is 5.02. The molecule has 1 aliphatic heterocycles. The number of aromatic nitrogens is 2. The Morgan fingerprint density at radius 3 is 3.09 bits per heavy atom. The lowest BCUT2D eigenvalue weighted by Gasteiger charge is -2.24. The summed E-state index contributed by atoms with van der Waals surface area (Å²) in [6, 6.07) is 6.41. The number of ether oxygens (including phenoxy) is 1. The molecule has 23 heavy (non-hydrogen) atoms. The fourth-order valence-corrected chi connectivity index (χ4v) is 3.56. The predicted octanol–water partition coefficient (Wildman–Crippen LogP) is 2.27. The number of rotatable bonds is 3. The van der Waals surface area contributed by atoms with Crippen molar-refractivity contribution >= 4 is 35.0 Å². The highest BCUT2D eigenvalue weighted by atomic mass is 35.5. The van der Waals surface area contributed by atoms with Gasteiger partial charge in [-0.15, -0.1) is 0 Å². The van der Waals surface area contributed by atoms with Crippen molar-refractivity contribution in [3.8, 4) is 5.75 Å². The molecule has 2 heterocycles. The molecule has 0 aliphatic carbocycles. The Labute approximate surface area is 141 Å². The Morgan fingerprint density at radius 1 is 1.48 bits per heavy atom. The number of halogens is 1. The second kappa shape index (κ2) is 6.64. The second-order valence-corrected chi connectivity index (χ2v) is 6.44. The molecule has 0 saturated heterocycles. The van der Waals surface area contributed by atoms with Crippen LogP contribution in [0.4, 0.5) is 5.69 Å². The van der Waals surface area contributed by atoms with Crippen LogP contribution in [0.3, 0.4) is 0 Å². The number of carbonyl (C=O) groups excluding carboxylic acids is 1. The third-order valence-corrected chi connectivity index (χ3v) is 4.89. The number of hydrogen-bond donors (Lipinski definition) is 1. The highest BCUT2D eigenvalue weighted by Gasteiger charge is 2.27. The first-order chi connectivity index (χ1) is 11.1. The van der Waals surface area contributed by atoms with Crippen LogP contribution in [0.25, 0.3) is 0 Å². The molecule has 2 aromatic rings. The monoisotopic (exact) mass is 351 g/mol. The molecule has 1 amide bonds. The average molecular weight is 352 g/mol.